The topological polar surface area (TPSA) is 107 Å². The first-order valence-electron chi connectivity index (χ1n) is 7.29. The lowest BCUT2D eigenvalue weighted by atomic mass is 9.89. The zero-order valence-corrected chi connectivity index (χ0v) is 13.5. The van der Waals surface area contributed by atoms with Crippen LogP contribution in [0.3, 0.4) is 0 Å². The van der Waals surface area contributed by atoms with Gasteiger partial charge in [0.05, 0.1) is 12.2 Å². The molecule has 0 unspecified atom stereocenters. The molecule has 1 aromatic heterocycles. The molecule has 23 heavy (non-hydrogen) atoms. The fourth-order valence-corrected chi connectivity index (χ4v) is 4.21. The van der Waals surface area contributed by atoms with E-state index in [2.05, 4.69) is 5.32 Å². The predicted octanol–water partition coefficient (Wildman–Crippen LogP) is 2.50. The van der Waals surface area contributed by atoms with Crippen LogP contribution in [0.4, 0.5) is 9.80 Å². The van der Waals surface area contributed by atoms with Gasteiger partial charge < -0.3 is 16.2 Å². The van der Waals surface area contributed by atoms with Gasteiger partial charge in [-0.05, 0) is 54.7 Å². The van der Waals surface area contributed by atoms with Crippen LogP contribution in [0.1, 0.15) is 28.4 Å². The fourth-order valence-electron chi connectivity index (χ4n) is 2.90. The molecule has 0 saturated heterocycles. The van der Waals surface area contributed by atoms with Crippen LogP contribution in [0.5, 0.6) is 5.75 Å². The summed E-state index contributed by atoms with van der Waals surface area (Å²) >= 11 is 1.33. The highest BCUT2D eigenvalue weighted by atomic mass is 32.1. The van der Waals surface area contributed by atoms with Crippen LogP contribution in [0.15, 0.2) is 18.2 Å². The molecule has 120 valence electrons. The van der Waals surface area contributed by atoms with E-state index in [4.69, 9.17) is 16.2 Å². The van der Waals surface area contributed by atoms with Gasteiger partial charge in [-0.15, -0.1) is 11.3 Å². The Morgan fingerprint density at radius 1 is 1.30 bits per heavy atom. The molecule has 0 fully saturated rings. The Morgan fingerprint density at radius 2 is 2.09 bits per heavy atom. The number of hydrogen-bond acceptors (Lipinski definition) is 4. The van der Waals surface area contributed by atoms with Crippen molar-refractivity contribution in [1.29, 1.82) is 0 Å². The maximum absolute atomic E-state index is 11.8. The molecule has 0 saturated carbocycles. The highest BCUT2D eigenvalue weighted by molar-refractivity contribution is 7.20. The number of rotatable bonds is 4. The van der Waals surface area contributed by atoms with Gasteiger partial charge in [0.15, 0.2) is 0 Å². The predicted molar refractivity (Wildman–Crippen MR) is 90.1 cm³/mol. The molecule has 0 radical (unpaired) electrons. The summed E-state index contributed by atoms with van der Waals surface area (Å²) in [5, 5.41) is 2.92. The van der Waals surface area contributed by atoms with Crippen molar-refractivity contribution in [1.82, 2.24) is 0 Å². The van der Waals surface area contributed by atoms with E-state index in [1.54, 1.807) is 0 Å². The Morgan fingerprint density at radius 3 is 2.74 bits per heavy atom. The number of aryl methyl sites for hydroxylation is 1. The molecule has 1 heterocycles. The maximum Gasteiger partial charge on any atom is 0.317 e. The lowest BCUT2D eigenvalue weighted by molar-refractivity contribution is 0.100. The molecule has 0 spiro atoms. The van der Waals surface area contributed by atoms with Crippen molar-refractivity contribution in [3.05, 3.63) is 34.9 Å². The average molecular weight is 331 g/mol. The van der Waals surface area contributed by atoms with Crippen molar-refractivity contribution < 1.29 is 14.3 Å². The Balaban J connectivity index is 2.12. The summed E-state index contributed by atoms with van der Waals surface area (Å²) in [6, 6.07) is 5.20. The first-order valence-corrected chi connectivity index (χ1v) is 8.11. The maximum atomic E-state index is 11.8. The number of ether oxygens (including phenoxy) is 1. The summed E-state index contributed by atoms with van der Waals surface area (Å²) in [6.07, 6.45) is 1.48. The molecule has 7 heteroatoms. The first kappa shape index (κ1) is 15.4. The van der Waals surface area contributed by atoms with Crippen molar-refractivity contribution in [2.24, 2.45) is 11.5 Å². The first-order chi connectivity index (χ1) is 11.0. The van der Waals surface area contributed by atoms with E-state index in [0.29, 0.717) is 23.6 Å². The van der Waals surface area contributed by atoms with Gasteiger partial charge in [-0.1, -0.05) is 0 Å². The Kier molecular flexibility index (Phi) is 3.96. The summed E-state index contributed by atoms with van der Waals surface area (Å²) in [7, 11) is 0. The zero-order chi connectivity index (χ0) is 16.6. The van der Waals surface area contributed by atoms with Crippen molar-refractivity contribution in [2.45, 2.75) is 19.8 Å². The number of carbonyl (C=O) groups excluding carboxylic acids is 2. The second kappa shape index (κ2) is 5.92. The van der Waals surface area contributed by atoms with E-state index >= 15 is 0 Å². The number of fused-ring (bicyclic) bond motifs is 3. The van der Waals surface area contributed by atoms with E-state index in [1.165, 1.54) is 11.3 Å². The van der Waals surface area contributed by atoms with Crippen molar-refractivity contribution in [3.63, 3.8) is 0 Å². The molecule has 1 aromatic carbocycles. The second-order valence-corrected chi connectivity index (χ2v) is 6.24. The third-order valence-electron chi connectivity index (χ3n) is 3.77. The second-order valence-electron chi connectivity index (χ2n) is 5.22. The molecular formula is C16H17N3O3S. The average Bonchev–Trinajstić information content (AvgIpc) is 2.84. The number of nitrogens with one attached hydrogen (secondary N) is 1. The SMILES string of the molecule is CCOc1ccc2c(c1)CCc1c-2sc(NC(N)=O)c1C(N)=O. The van der Waals surface area contributed by atoms with Crippen LogP contribution in [-0.4, -0.2) is 18.5 Å². The molecule has 5 N–H and O–H groups in total. The minimum absolute atomic E-state index is 0.364. The normalized spacial score (nSPS) is 12.2. The van der Waals surface area contributed by atoms with E-state index in [1.807, 2.05) is 25.1 Å². The van der Waals surface area contributed by atoms with Gasteiger partial charge in [-0.3, -0.25) is 10.1 Å². The quantitative estimate of drug-likeness (QED) is 0.801. The van der Waals surface area contributed by atoms with Crippen molar-refractivity contribution in [2.75, 3.05) is 11.9 Å². The monoisotopic (exact) mass is 331 g/mol. The van der Waals surface area contributed by atoms with Gasteiger partial charge in [-0.25, -0.2) is 4.79 Å². The van der Waals surface area contributed by atoms with E-state index in [9.17, 15) is 9.59 Å². The van der Waals surface area contributed by atoms with Crippen molar-refractivity contribution in [3.8, 4) is 16.2 Å². The highest BCUT2D eigenvalue weighted by Gasteiger charge is 2.27. The molecular weight excluding hydrogens is 314 g/mol. The van der Waals surface area contributed by atoms with Crippen LogP contribution in [0.2, 0.25) is 0 Å². The molecule has 2 aromatic rings. The molecule has 1 aliphatic rings. The number of benzene rings is 1. The summed E-state index contributed by atoms with van der Waals surface area (Å²) < 4.78 is 5.54. The lowest BCUT2D eigenvalue weighted by Crippen LogP contribution is -2.22. The number of primary amides is 2. The van der Waals surface area contributed by atoms with Gasteiger partial charge in [-0.2, -0.15) is 0 Å². The van der Waals surface area contributed by atoms with E-state index < -0.39 is 11.9 Å². The molecule has 0 bridgehead atoms. The van der Waals surface area contributed by atoms with Crippen LogP contribution in [-0.2, 0) is 12.8 Å². The number of urea groups is 1. The molecule has 3 amide bonds. The number of carbonyl (C=O) groups is 2. The minimum Gasteiger partial charge on any atom is -0.494 e. The van der Waals surface area contributed by atoms with E-state index in [-0.39, 0.29) is 0 Å². The summed E-state index contributed by atoms with van der Waals surface area (Å²) in [5.74, 6) is 0.275. The number of nitrogens with two attached hydrogens (primary N) is 2. The fraction of sp³-hybridized carbons (Fsp3) is 0.250. The van der Waals surface area contributed by atoms with Crippen LogP contribution in [0, 0.1) is 0 Å². The highest BCUT2D eigenvalue weighted by Crippen LogP contribution is 2.45. The smallest absolute Gasteiger partial charge is 0.317 e. The van der Waals surface area contributed by atoms with Gasteiger partial charge in [0, 0.05) is 4.88 Å². The molecule has 3 rings (SSSR count). The largest absolute Gasteiger partial charge is 0.494 e. The summed E-state index contributed by atoms with van der Waals surface area (Å²) in [5.41, 5.74) is 14.1. The van der Waals surface area contributed by atoms with Crippen LogP contribution < -0.4 is 21.5 Å². The Bertz CT molecular complexity index is 798. The third-order valence-corrected chi connectivity index (χ3v) is 4.95. The minimum atomic E-state index is -0.710. The standard InChI is InChI=1S/C16H17N3O3S/c1-2-22-9-4-6-10-8(7-9)3-5-11-12(14(17)20)15(19-16(18)21)23-13(10)11/h4,6-7H,2-3,5H2,1H3,(H2,17,20)(H3,18,19,21). The lowest BCUT2D eigenvalue weighted by Gasteiger charge is -2.18. The molecule has 0 atom stereocenters. The third kappa shape index (κ3) is 2.75. The van der Waals surface area contributed by atoms with E-state index in [0.717, 1.165) is 33.7 Å². The zero-order valence-electron chi connectivity index (χ0n) is 12.6. The number of thiophene rings is 1. The Hall–Kier alpha value is -2.54. The summed E-state index contributed by atoms with van der Waals surface area (Å²) in [4.78, 5) is 23.9. The van der Waals surface area contributed by atoms with Gasteiger partial charge in [0.1, 0.15) is 10.8 Å². The van der Waals surface area contributed by atoms with Crippen LogP contribution >= 0.6 is 11.3 Å². The van der Waals surface area contributed by atoms with Gasteiger partial charge >= 0.3 is 6.03 Å². The number of anilines is 1. The van der Waals surface area contributed by atoms with Crippen LogP contribution in [0.25, 0.3) is 10.4 Å². The van der Waals surface area contributed by atoms with Crippen molar-refractivity contribution >= 4 is 28.3 Å². The molecule has 1 aliphatic carbocycles. The Labute approximate surface area is 137 Å². The molecule has 6 nitrogen and oxygen atoms in total. The summed E-state index contributed by atoms with van der Waals surface area (Å²) in [6.45, 7) is 2.55. The number of hydrogen-bond donors (Lipinski definition) is 3. The van der Waals surface area contributed by atoms with Gasteiger partial charge in [0.25, 0.3) is 5.91 Å². The molecule has 0 aliphatic heterocycles. The van der Waals surface area contributed by atoms with Gasteiger partial charge in [0.2, 0.25) is 0 Å². The number of amides is 3.